The second-order valence-corrected chi connectivity index (χ2v) is 24.0. The van der Waals surface area contributed by atoms with E-state index in [0.717, 1.165) is 24.3 Å². The summed E-state index contributed by atoms with van der Waals surface area (Å²) in [5.74, 6) is 0. The molecule has 0 spiro atoms. The molecule has 134 valence electrons. The first-order valence-electron chi connectivity index (χ1n) is 5.80. The van der Waals surface area contributed by atoms with Crippen molar-refractivity contribution >= 4 is 43.6 Å². The zero-order valence-corrected chi connectivity index (χ0v) is 15.3. The number of benzene rings is 2. The minimum absolute atomic E-state index is 0.574. The van der Waals surface area contributed by atoms with Crippen LogP contribution in [0.15, 0.2) is 60.7 Å². The molecule has 0 aliphatic rings. The molecule has 0 atom stereocenters. The normalized spacial score (nSPS) is 17.6. The Balaban J connectivity index is 2.74. The Hall–Kier alpha value is -0.0465. The first kappa shape index (κ1) is 19.3. The van der Waals surface area contributed by atoms with Crippen molar-refractivity contribution in [2.75, 3.05) is 0 Å². The van der Waals surface area contributed by atoms with Gasteiger partial charge in [0.05, 0.1) is 0 Å². The number of rotatable bonds is 4. The van der Waals surface area contributed by atoms with E-state index >= 15 is 0 Å². The average molecular weight is 460 g/mol. The van der Waals surface area contributed by atoms with E-state index in [1.54, 1.807) is 0 Å². The minimum atomic E-state index is -8.14. The van der Waals surface area contributed by atoms with Crippen molar-refractivity contribution in [3.05, 3.63) is 60.7 Å². The Labute approximate surface area is 139 Å². The Morgan fingerprint density at radius 1 is 0.565 bits per heavy atom. The van der Waals surface area contributed by atoms with Crippen LogP contribution >= 0.6 is 33.0 Å². The third-order valence-corrected chi connectivity index (χ3v) is 26.5. The molecule has 0 aromatic heterocycles. The summed E-state index contributed by atoms with van der Waals surface area (Å²) in [5.41, 5.74) is 0. The zero-order valence-electron chi connectivity index (χ0n) is 11.0. The van der Waals surface area contributed by atoms with Crippen molar-refractivity contribution in [3.63, 3.8) is 0 Å². The molecule has 23 heavy (non-hydrogen) atoms. The van der Waals surface area contributed by atoms with E-state index in [1.165, 1.54) is 12.1 Å². The molecular formula is C12H10Cl2F6NiP2. The van der Waals surface area contributed by atoms with Crippen LogP contribution in [0.3, 0.4) is 0 Å². The summed E-state index contributed by atoms with van der Waals surface area (Å²) in [6.45, 7) is 0. The predicted octanol–water partition coefficient (Wildman–Crippen LogP) is 7.34. The van der Waals surface area contributed by atoms with E-state index < -0.39 is 33.0 Å². The van der Waals surface area contributed by atoms with Gasteiger partial charge in [0, 0.05) is 0 Å². The average Bonchev–Trinajstić information content (AvgIpc) is 2.48. The van der Waals surface area contributed by atoms with Crippen LogP contribution < -0.4 is 10.6 Å². The number of hydrogen-bond acceptors (Lipinski definition) is 0. The van der Waals surface area contributed by atoms with E-state index in [1.807, 2.05) is 0 Å². The molecule has 0 saturated heterocycles. The topological polar surface area (TPSA) is 0 Å². The summed E-state index contributed by atoms with van der Waals surface area (Å²) in [6.07, 6.45) is -16.3. The molecule has 0 unspecified atom stereocenters. The van der Waals surface area contributed by atoms with Crippen molar-refractivity contribution in [1.82, 2.24) is 0 Å². The molecule has 0 heterocycles. The fourth-order valence-electron chi connectivity index (χ4n) is 1.65. The van der Waals surface area contributed by atoms with Crippen LogP contribution in [0, 0.1) is 0 Å². The number of hydrogen-bond donors (Lipinski definition) is 0. The van der Waals surface area contributed by atoms with E-state index in [-0.39, 0.29) is 0 Å². The Morgan fingerprint density at radius 3 is 1.09 bits per heavy atom. The molecule has 11 heteroatoms. The summed E-state index contributed by atoms with van der Waals surface area (Å²) in [5, 5.41) is -2.80. The quantitative estimate of drug-likeness (QED) is 0.255. The molecule has 0 aliphatic carbocycles. The van der Waals surface area contributed by atoms with Crippen LogP contribution in [0.25, 0.3) is 0 Å². The molecule has 0 radical (unpaired) electrons. The van der Waals surface area contributed by atoms with Gasteiger partial charge >= 0.3 is 139 Å². The Morgan fingerprint density at radius 2 is 0.826 bits per heavy atom. The fourth-order valence-corrected chi connectivity index (χ4v) is 16.9. The third kappa shape index (κ3) is 2.79. The second kappa shape index (κ2) is 5.48. The van der Waals surface area contributed by atoms with E-state index in [0.29, 0.717) is 24.3 Å². The van der Waals surface area contributed by atoms with Crippen LogP contribution in [0.2, 0.25) is 0 Å². The second-order valence-electron chi connectivity index (χ2n) is 4.35. The van der Waals surface area contributed by atoms with Gasteiger partial charge in [0.1, 0.15) is 0 Å². The molecule has 0 nitrogen and oxygen atoms in total. The molecule has 0 aliphatic heterocycles. The van der Waals surface area contributed by atoms with Crippen LogP contribution in [-0.2, 0) is 9.74 Å². The standard InChI is InChI=1S/2C6H5F3P.2ClH.Ni/c2*7-10(8,9)6-4-2-1-3-5-6;;;/h2*1-5H;2*1H;/q2*+1;;;/p-2. The van der Waals surface area contributed by atoms with Gasteiger partial charge in [0.15, 0.2) is 0 Å². The van der Waals surface area contributed by atoms with E-state index in [4.69, 9.17) is 20.4 Å². The summed E-state index contributed by atoms with van der Waals surface area (Å²) >= 11 is 0. The Bertz CT molecular complexity index is 651. The van der Waals surface area contributed by atoms with Crippen molar-refractivity contribution < 1.29 is 34.9 Å². The van der Waals surface area contributed by atoms with Gasteiger partial charge < -0.3 is 0 Å². The van der Waals surface area contributed by atoms with Crippen LogP contribution in [0.4, 0.5) is 25.2 Å². The number of halogens is 8. The van der Waals surface area contributed by atoms with Crippen molar-refractivity contribution in [3.8, 4) is 0 Å². The van der Waals surface area contributed by atoms with Crippen LogP contribution in [-0.4, -0.2) is 0 Å². The van der Waals surface area contributed by atoms with Gasteiger partial charge in [-0.25, -0.2) is 0 Å². The molecular weight excluding hydrogens is 450 g/mol. The van der Waals surface area contributed by atoms with Gasteiger partial charge in [-0.1, -0.05) is 0 Å². The fraction of sp³-hybridized carbons (Fsp3) is 0. The summed E-state index contributed by atoms with van der Waals surface area (Å²) in [7, 11) is 4.32. The van der Waals surface area contributed by atoms with Crippen LogP contribution in [0.1, 0.15) is 0 Å². The molecule has 0 N–H and O–H groups in total. The Kier molecular flexibility index (Phi) is 4.59. The van der Waals surface area contributed by atoms with E-state index in [2.05, 4.69) is 0 Å². The van der Waals surface area contributed by atoms with Gasteiger partial charge in [-0.2, -0.15) is 0 Å². The maximum absolute atomic E-state index is 14.6. The molecule has 0 fully saturated rings. The molecule has 2 aromatic rings. The zero-order chi connectivity index (χ0) is 17.6. The summed E-state index contributed by atoms with van der Waals surface area (Å²) in [4.78, 5) is 0. The van der Waals surface area contributed by atoms with Gasteiger partial charge in [-0.05, 0) is 0 Å². The predicted molar refractivity (Wildman–Crippen MR) is 84.3 cm³/mol. The summed E-state index contributed by atoms with van der Waals surface area (Å²) < 4.78 is 87.6. The first-order chi connectivity index (χ1) is 10.3. The maximum atomic E-state index is 14.6. The monoisotopic (exact) mass is 458 g/mol. The first-order valence-corrected chi connectivity index (χ1v) is 14.7. The summed E-state index contributed by atoms with van der Waals surface area (Å²) in [6, 6.07) is 8.87. The molecule has 0 bridgehead atoms. The van der Waals surface area contributed by atoms with Gasteiger partial charge in [-0.15, -0.1) is 0 Å². The van der Waals surface area contributed by atoms with Crippen molar-refractivity contribution in [1.29, 1.82) is 0 Å². The van der Waals surface area contributed by atoms with Crippen molar-refractivity contribution in [2.45, 2.75) is 0 Å². The van der Waals surface area contributed by atoms with Crippen molar-refractivity contribution in [2.24, 2.45) is 0 Å². The van der Waals surface area contributed by atoms with Crippen LogP contribution in [0.5, 0.6) is 0 Å². The third-order valence-electron chi connectivity index (χ3n) is 2.82. The molecule has 2 rings (SSSR count). The van der Waals surface area contributed by atoms with Gasteiger partial charge in [0.2, 0.25) is 0 Å². The van der Waals surface area contributed by atoms with E-state index in [9.17, 15) is 25.2 Å². The molecule has 0 amide bonds. The van der Waals surface area contributed by atoms with Gasteiger partial charge in [-0.3, -0.25) is 0 Å². The van der Waals surface area contributed by atoms with Gasteiger partial charge in [0.25, 0.3) is 0 Å². The SMILES string of the molecule is F[P](F)(F)(c1ccccc1)[Ni]([Cl])([Cl])[P](F)(F)(F)c1ccccc1. The molecule has 0 saturated carbocycles. The molecule has 2 aromatic carbocycles.